The Bertz CT molecular complexity index is 340. The number of carbonyl (C=O) groups excluding carboxylic acids is 1. The van der Waals surface area contributed by atoms with Crippen LogP contribution in [0.3, 0.4) is 0 Å². The summed E-state index contributed by atoms with van der Waals surface area (Å²) in [6.45, 7) is 6.74. The van der Waals surface area contributed by atoms with Crippen molar-refractivity contribution < 1.29 is 4.79 Å². The fourth-order valence-corrected chi connectivity index (χ4v) is 3.86. The zero-order chi connectivity index (χ0) is 14.1. The fraction of sp³-hybridized carbons (Fsp3) is 0.938. The second-order valence-electron chi connectivity index (χ2n) is 7.62. The van der Waals surface area contributed by atoms with Gasteiger partial charge < -0.3 is 11.1 Å². The molecule has 0 spiro atoms. The molecule has 2 rings (SSSR count). The molecule has 110 valence electrons. The molecule has 2 saturated carbocycles. The topological polar surface area (TPSA) is 55.1 Å². The molecule has 1 amide bonds. The molecule has 2 aliphatic carbocycles. The Labute approximate surface area is 117 Å². The summed E-state index contributed by atoms with van der Waals surface area (Å²) < 4.78 is 0. The summed E-state index contributed by atoms with van der Waals surface area (Å²) >= 11 is 0. The Kier molecular flexibility index (Phi) is 4.24. The Morgan fingerprint density at radius 1 is 1.16 bits per heavy atom. The van der Waals surface area contributed by atoms with Crippen LogP contribution in [0.2, 0.25) is 0 Å². The molecule has 3 unspecified atom stereocenters. The average molecular weight is 266 g/mol. The molecular formula is C16H30N2O. The van der Waals surface area contributed by atoms with Crippen LogP contribution in [0.1, 0.15) is 72.1 Å². The molecule has 3 heteroatoms. The molecule has 0 aromatic heterocycles. The van der Waals surface area contributed by atoms with Crippen molar-refractivity contribution in [3.05, 3.63) is 0 Å². The lowest BCUT2D eigenvalue weighted by molar-refractivity contribution is -0.130. The number of amides is 1. The molecule has 2 aliphatic rings. The summed E-state index contributed by atoms with van der Waals surface area (Å²) in [5.74, 6) is 0.669. The SMILES string of the molecule is CC1CCCC(N)(C(=O)NC2CCCCC2(C)C)C1. The first-order chi connectivity index (χ1) is 8.83. The largest absolute Gasteiger partial charge is 0.351 e. The lowest BCUT2D eigenvalue weighted by Crippen LogP contribution is -2.60. The van der Waals surface area contributed by atoms with Crippen molar-refractivity contribution >= 4 is 5.91 Å². The number of rotatable bonds is 2. The van der Waals surface area contributed by atoms with Crippen LogP contribution in [0.15, 0.2) is 0 Å². The maximum Gasteiger partial charge on any atom is 0.240 e. The fourth-order valence-electron chi connectivity index (χ4n) is 3.86. The molecule has 0 heterocycles. The van der Waals surface area contributed by atoms with Crippen molar-refractivity contribution in [1.82, 2.24) is 5.32 Å². The number of nitrogens with two attached hydrogens (primary N) is 1. The predicted octanol–water partition coefficient (Wildman–Crippen LogP) is 2.98. The number of hydrogen-bond acceptors (Lipinski definition) is 2. The van der Waals surface area contributed by atoms with Crippen molar-refractivity contribution in [1.29, 1.82) is 0 Å². The summed E-state index contributed by atoms with van der Waals surface area (Å²) in [7, 11) is 0. The van der Waals surface area contributed by atoms with Crippen molar-refractivity contribution in [2.45, 2.75) is 83.7 Å². The van der Waals surface area contributed by atoms with E-state index in [-0.39, 0.29) is 11.3 Å². The maximum absolute atomic E-state index is 12.6. The number of hydrogen-bond donors (Lipinski definition) is 2. The Balaban J connectivity index is 1.99. The number of nitrogens with one attached hydrogen (secondary N) is 1. The van der Waals surface area contributed by atoms with Gasteiger partial charge in [-0.2, -0.15) is 0 Å². The van der Waals surface area contributed by atoms with Gasteiger partial charge in [-0.1, -0.05) is 46.5 Å². The van der Waals surface area contributed by atoms with E-state index in [2.05, 4.69) is 26.1 Å². The Hall–Kier alpha value is -0.570. The monoisotopic (exact) mass is 266 g/mol. The molecule has 19 heavy (non-hydrogen) atoms. The van der Waals surface area contributed by atoms with Crippen molar-refractivity contribution in [3.63, 3.8) is 0 Å². The van der Waals surface area contributed by atoms with E-state index in [9.17, 15) is 4.79 Å². The summed E-state index contributed by atoms with van der Waals surface area (Å²) in [6.07, 6.45) is 8.78. The molecule has 0 aliphatic heterocycles. The predicted molar refractivity (Wildman–Crippen MR) is 78.7 cm³/mol. The second kappa shape index (κ2) is 5.43. The van der Waals surface area contributed by atoms with E-state index in [0.29, 0.717) is 12.0 Å². The molecule has 0 bridgehead atoms. The van der Waals surface area contributed by atoms with Gasteiger partial charge in [-0.3, -0.25) is 4.79 Å². The van der Waals surface area contributed by atoms with Gasteiger partial charge in [-0.05, 0) is 37.0 Å². The van der Waals surface area contributed by atoms with Crippen LogP contribution in [0.4, 0.5) is 0 Å². The van der Waals surface area contributed by atoms with Gasteiger partial charge in [0.15, 0.2) is 0 Å². The van der Waals surface area contributed by atoms with Gasteiger partial charge in [-0.15, -0.1) is 0 Å². The smallest absolute Gasteiger partial charge is 0.240 e. The third kappa shape index (κ3) is 3.31. The molecule has 0 aromatic carbocycles. The highest BCUT2D eigenvalue weighted by Crippen LogP contribution is 2.36. The van der Waals surface area contributed by atoms with Crippen molar-refractivity contribution in [2.75, 3.05) is 0 Å². The highest BCUT2D eigenvalue weighted by molar-refractivity contribution is 5.86. The quantitative estimate of drug-likeness (QED) is 0.807. The minimum absolute atomic E-state index is 0.0963. The molecule has 3 nitrogen and oxygen atoms in total. The molecule has 0 saturated heterocycles. The van der Waals surface area contributed by atoms with Crippen molar-refractivity contribution in [2.24, 2.45) is 17.1 Å². The first-order valence-electron chi connectivity index (χ1n) is 7.93. The summed E-state index contributed by atoms with van der Waals surface area (Å²) in [4.78, 5) is 12.6. The van der Waals surface area contributed by atoms with E-state index < -0.39 is 5.54 Å². The third-order valence-corrected chi connectivity index (χ3v) is 5.30. The zero-order valence-electron chi connectivity index (χ0n) is 12.8. The minimum Gasteiger partial charge on any atom is -0.351 e. The third-order valence-electron chi connectivity index (χ3n) is 5.30. The van der Waals surface area contributed by atoms with Crippen LogP contribution in [-0.4, -0.2) is 17.5 Å². The van der Waals surface area contributed by atoms with Gasteiger partial charge in [0, 0.05) is 6.04 Å². The van der Waals surface area contributed by atoms with Gasteiger partial charge in [0.1, 0.15) is 0 Å². The van der Waals surface area contributed by atoms with Crippen LogP contribution in [0, 0.1) is 11.3 Å². The summed E-state index contributed by atoms with van der Waals surface area (Å²) in [6, 6.07) is 0.298. The van der Waals surface area contributed by atoms with Gasteiger partial charge >= 0.3 is 0 Å². The van der Waals surface area contributed by atoms with E-state index >= 15 is 0 Å². The highest BCUT2D eigenvalue weighted by Gasteiger charge is 2.41. The standard InChI is InChI=1S/C16H30N2O/c1-12-7-6-10-16(17,11-12)14(19)18-13-8-4-5-9-15(13,2)3/h12-13H,4-11,17H2,1-3H3,(H,18,19). The Morgan fingerprint density at radius 3 is 2.53 bits per heavy atom. The minimum atomic E-state index is -0.620. The molecular weight excluding hydrogens is 236 g/mol. The first-order valence-corrected chi connectivity index (χ1v) is 7.93. The van der Waals surface area contributed by atoms with E-state index in [1.54, 1.807) is 0 Å². The summed E-state index contributed by atoms with van der Waals surface area (Å²) in [5.41, 5.74) is 5.98. The normalized spacial score (nSPS) is 38.7. The number of carbonyl (C=O) groups is 1. The van der Waals surface area contributed by atoms with Crippen LogP contribution >= 0.6 is 0 Å². The zero-order valence-corrected chi connectivity index (χ0v) is 12.8. The van der Waals surface area contributed by atoms with Crippen LogP contribution in [0.25, 0.3) is 0 Å². The lowest BCUT2D eigenvalue weighted by atomic mass is 9.72. The molecule has 0 aromatic rings. The van der Waals surface area contributed by atoms with E-state index in [1.165, 1.54) is 25.7 Å². The second-order valence-corrected chi connectivity index (χ2v) is 7.62. The first kappa shape index (κ1) is 14.8. The van der Waals surface area contributed by atoms with E-state index in [4.69, 9.17) is 5.73 Å². The van der Waals surface area contributed by atoms with Gasteiger partial charge in [-0.25, -0.2) is 0 Å². The molecule has 2 fully saturated rings. The summed E-state index contributed by atoms with van der Waals surface area (Å²) in [5, 5.41) is 3.28. The van der Waals surface area contributed by atoms with Gasteiger partial charge in [0.2, 0.25) is 5.91 Å². The molecule has 3 N–H and O–H groups in total. The van der Waals surface area contributed by atoms with Crippen LogP contribution < -0.4 is 11.1 Å². The average Bonchev–Trinajstić information content (AvgIpc) is 2.31. The van der Waals surface area contributed by atoms with E-state index in [0.717, 1.165) is 25.7 Å². The van der Waals surface area contributed by atoms with E-state index in [1.807, 2.05) is 0 Å². The molecule has 3 atom stereocenters. The van der Waals surface area contributed by atoms with Crippen molar-refractivity contribution in [3.8, 4) is 0 Å². The van der Waals surface area contributed by atoms with Gasteiger partial charge in [0.05, 0.1) is 5.54 Å². The molecule has 0 radical (unpaired) electrons. The van der Waals surface area contributed by atoms with Crippen LogP contribution in [0.5, 0.6) is 0 Å². The lowest BCUT2D eigenvalue weighted by Gasteiger charge is -2.42. The van der Waals surface area contributed by atoms with Gasteiger partial charge in [0.25, 0.3) is 0 Å². The Morgan fingerprint density at radius 2 is 1.89 bits per heavy atom. The maximum atomic E-state index is 12.6. The van der Waals surface area contributed by atoms with Crippen LogP contribution in [-0.2, 0) is 4.79 Å². The highest BCUT2D eigenvalue weighted by atomic mass is 16.2.